The predicted molar refractivity (Wildman–Crippen MR) is 62.9 cm³/mol. The summed E-state index contributed by atoms with van der Waals surface area (Å²) >= 11 is 1.47. The highest BCUT2D eigenvalue weighted by atomic mass is 32.1. The van der Waals surface area contributed by atoms with Crippen LogP contribution in [0.5, 0.6) is 0 Å². The van der Waals surface area contributed by atoms with Gasteiger partial charge in [0.15, 0.2) is 5.13 Å². The number of aromatic amines is 1. The SMILES string of the molecule is Cc1nc(NC(=O)c2cn[nH]c2C)sc1C. The Bertz CT molecular complexity index is 509. The van der Waals surface area contributed by atoms with Gasteiger partial charge >= 0.3 is 0 Å². The Hall–Kier alpha value is -1.69. The summed E-state index contributed by atoms with van der Waals surface area (Å²) in [4.78, 5) is 17.2. The molecule has 16 heavy (non-hydrogen) atoms. The average Bonchev–Trinajstić information content (AvgIpc) is 2.74. The fourth-order valence-corrected chi connectivity index (χ4v) is 2.08. The molecule has 0 unspecified atom stereocenters. The molecule has 0 aliphatic carbocycles. The van der Waals surface area contributed by atoms with Crippen LogP contribution in [0.1, 0.15) is 26.6 Å². The molecule has 2 aromatic heterocycles. The van der Waals surface area contributed by atoms with E-state index in [0.29, 0.717) is 10.7 Å². The molecule has 0 bridgehead atoms. The van der Waals surface area contributed by atoms with Crippen LogP contribution >= 0.6 is 11.3 Å². The second-order valence-corrected chi connectivity index (χ2v) is 4.73. The summed E-state index contributed by atoms with van der Waals surface area (Å²) in [6, 6.07) is 0. The number of carbonyl (C=O) groups is 1. The molecule has 2 heterocycles. The molecule has 84 valence electrons. The maximum atomic E-state index is 11.8. The highest BCUT2D eigenvalue weighted by Gasteiger charge is 2.13. The van der Waals surface area contributed by atoms with Crippen LogP contribution in [0, 0.1) is 20.8 Å². The van der Waals surface area contributed by atoms with E-state index in [2.05, 4.69) is 20.5 Å². The summed E-state index contributed by atoms with van der Waals surface area (Å²) in [7, 11) is 0. The lowest BCUT2D eigenvalue weighted by atomic mass is 10.2. The third-order valence-corrected chi connectivity index (χ3v) is 3.31. The first kappa shape index (κ1) is 10.8. The van der Waals surface area contributed by atoms with E-state index in [9.17, 15) is 4.79 Å². The van der Waals surface area contributed by atoms with Crippen LogP contribution in [-0.2, 0) is 0 Å². The highest BCUT2D eigenvalue weighted by Crippen LogP contribution is 2.21. The van der Waals surface area contributed by atoms with E-state index >= 15 is 0 Å². The Morgan fingerprint density at radius 2 is 2.19 bits per heavy atom. The van der Waals surface area contributed by atoms with Crippen molar-refractivity contribution in [2.75, 3.05) is 5.32 Å². The van der Waals surface area contributed by atoms with Crippen molar-refractivity contribution in [2.24, 2.45) is 0 Å². The quantitative estimate of drug-likeness (QED) is 0.838. The third-order valence-electron chi connectivity index (χ3n) is 2.32. The van der Waals surface area contributed by atoms with Crippen LogP contribution in [0.15, 0.2) is 6.20 Å². The van der Waals surface area contributed by atoms with E-state index in [4.69, 9.17) is 0 Å². The van der Waals surface area contributed by atoms with Gasteiger partial charge in [0.2, 0.25) is 0 Å². The van der Waals surface area contributed by atoms with E-state index < -0.39 is 0 Å². The molecule has 1 amide bonds. The lowest BCUT2D eigenvalue weighted by molar-refractivity contribution is 0.102. The van der Waals surface area contributed by atoms with Crippen molar-refractivity contribution >= 4 is 22.4 Å². The van der Waals surface area contributed by atoms with Crippen molar-refractivity contribution in [1.82, 2.24) is 15.2 Å². The van der Waals surface area contributed by atoms with Crippen molar-refractivity contribution in [3.63, 3.8) is 0 Å². The van der Waals surface area contributed by atoms with Crippen LogP contribution in [0.25, 0.3) is 0 Å². The second-order valence-electron chi connectivity index (χ2n) is 3.52. The Labute approximate surface area is 96.9 Å². The predicted octanol–water partition coefficient (Wildman–Crippen LogP) is 2.04. The molecule has 0 fully saturated rings. The largest absolute Gasteiger partial charge is 0.298 e. The number of amides is 1. The number of H-pyrrole nitrogens is 1. The monoisotopic (exact) mass is 236 g/mol. The normalized spacial score (nSPS) is 10.4. The molecule has 0 atom stereocenters. The molecule has 2 aromatic rings. The Balaban J connectivity index is 2.17. The van der Waals surface area contributed by atoms with Gasteiger partial charge in [0.05, 0.1) is 17.5 Å². The zero-order valence-electron chi connectivity index (χ0n) is 9.29. The van der Waals surface area contributed by atoms with Gasteiger partial charge in [0, 0.05) is 10.6 Å². The highest BCUT2D eigenvalue weighted by molar-refractivity contribution is 7.15. The molecule has 5 nitrogen and oxygen atoms in total. The molecule has 0 saturated heterocycles. The van der Waals surface area contributed by atoms with Crippen LogP contribution < -0.4 is 5.32 Å². The van der Waals surface area contributed by atoms with Crippen molar-refractivity contribution < 1.29 is 4.79 Å². The van der Waals surface area contributed by atoms with E-state index in [-0.39, 0.29) is 5.91 Å². The number of nitrogens with zero attached hydrogens (tertiary/aromatic N) is 2. The molecule has 0 spiro atoms. The summed E-state index contributed by atoms with van der Waals surface area (Å²) < 4.78 is 0. The Morgan fingerprint density at radius 3 is 2.69 bits per heavy atom. The van der Waals surface area contributed by atoms with Gasteiger partial charge in [-0.2, -0.15) is 5.10 Å². The van der Waals surface area contributed by atoms with Crippen molar-refractivity contribution in [2.45, 2.75) is 20.8 Å². The van der Waals surface area contributed by atoms with Gasteiger partial charge in [-0.15, -0.1) is 11.3 Å². The van der Waals surface area contributed by atoms with Gasteiger partial charge in [-0.1, -0.05) is 0 Å². The number of aryl methyl sites for hydroxylation is 3. The van der Waals surface area contributed by atoms with Crippen molar-refractivity contribution in [3.8, 4) is 0 Å². The molecule has 0 aliphatic heterocycles. The smallest absolute Gasteiger partial charge is 0.260 e. The molecule has 2 N–H and O–H groups in total. The molecule has 0 aliphatic rings. The molecule has 0 aromatic carbocycles. The zero-order valence-corrected chi connectivity index (χ0v) is 10.1. The van der Waals surface area contributed by atoms with E-state index in [0.717, 1.165) is 16.3 Å². The second kappa shape index (κ2) is 4.05. The lowest BCUT2D eigenvalue weighted by Crippen LogP contribution is -2.12. The van der Waals surface area contributed by atoms with Gasteiger partial charge in [-0.25, -0.2) is 4.98 Å². The van der Waals surface area contributed by atoms with Gasteiger partial charge < -0.3 is 0 Å². The number of nitrogens with one attached hydrogen (secondary N) is 2. The average molecular weight is 236 g/mol. The first-order chi connectivity index (χ1) is 7.58. The molecule has 0 saturated carbocycles. The minimum absolute atomic E-state index is 0.181. The van der Waals surface area contributed by atoms with Gasteiger partial charge in [0.25, 0.3) is 5.91 Å². The number of carbonyl (C=O) groups excluding carboxylic acids is 1. The fourth-order valence-electron chi connectivity index (χ4n) is 1.27. The number of aromatic nitrogens is 3. The number of hydrogen-bond acceptors (Lipinski definition) is 4. The van der Waals surface area contributed by atoms with Crippen molar-refractivity contribution in [1.29, 1.82) is 0 Å². The Morgan fingerprint density at radius 1 is 1.44 bits per heavy atom. The molecule has 0 radical (unpaired) electrons. The van der Waals surface area contributed by atoms with Gasteiger partial charge in [-0.3, -0.25) is 15.2 Å². The summed E-state index contributed by atoms with van der Waals surface area (Å²) in [6.45, 7) is 5.70. The summed E-state index contributed by atoms with van der Waals surface area (Å²) in [5, 5.41) is 9.91. The minimum Gasteiger partial charge on any atom is -0.298 e. The third kappa shape index (κ3) is 1.96. The maximum Gasteiger partial charge on any atom is 0.260 e. The molecular weight excluding hydrogens is 224 g/mol. The molecule has 6 heteroatoms. The van der Waals surface area contributed by atoms with E-state index in [1.54, 1.807) is 6.92 Å². The van der Waals surface area contributed by atoms with Crippen LogP contribution in [0.3, 0.4) is 0 Å². The Kier molecular flexibility index (Phi) is 2.74. The first-order valence-electron chi connectivity index (χ1n) is 4.83. The van der Waals surface area contributed by atoms with Gasteiger partial charge in [-0.05, 0) is 20.8 Å². The summed E-state index contributed by atoms with van der Waals surface area (Å²) in [5.74, 6) is -0.181. The minimum atomic E-state index is -0.181. The number of hydrogen-bond donors (Lipinski definition) is 2. The fraction of sp³-hybridized carbons (Fsp3) is 0.300. The lowest BCUT2D eigenvalue weighted by Gasteiger charge is -1.98. The first-order valence-corrected chi connectivity index (χ1v) is 5.65. The molecule has 2 rings (SSSR count). The summed E-state index contributed by atoms with van der Waals surface area (Å²) in [5.41, 5.74) is 2.25. The number of rotatable bonds is 2. The van der Waals surface area contributed by atoms with E-state index in [1.165, 1.54) is 17.5 Å². The van der Waals surface area contributed by atoms with E-state index in [1.807, 2.05) is 13.8 Å². The van der Waals surface area contributed by atoms with Crippen LogP contribution in [0.4, 0.5) is 5.13 Å². The van der Waals surface area contributed by atoms with Crippen LogP contribution in [-0.4, -0.2) is 21.1 Å². The standard InChI is InChI=1S/C10H12N4OS/c1-5-7(3)16-10(12-5)13-9(15)8-4-11-14-6(8)2/h4H,1-3H3,(H,11,14)(H,12,13,15). The zero-order chi connectivity index (χ0) is 11.7. The van der Waals surface area contributed by atoms with Gasteiger partial charge in [0.1, 0.15) is 0 Å². The van der Waals surface area contributed by atoms with Crippen LogP contribution in [0.2, 0.25) is 0 Å². The maximum absolute atomic E-state index is 11.8. The molecular formula is C10H12N4OS. The number of anilines is 1. The summed E-state index contributed by atoms with van der Waals surface area (Å²) in [6.07, 6.45) is 1.51. The van der Waals surface area contributed by atoms with Crippen molar-refractivity contribution in [3.05, 3.63) is 28.0 Å². The number of thiazole rings is 1. The topological polar surface area (TPSA) is 70.7 Å².